The highest BCUT2D eigenvalue weighted by Crippen LogP contribution is 2.27. The molecule has 0 fully saturated rings. The second-order valence-electron chi connectivity index (χ2n) is 4.87. The molecule has 0 saturated carbocycles. The van der Waals surface area contributed by atoms with Crippen LogP contribution in [0, 0.1) is 0 Å². The van der Waals surface area contributed by atoms with Crippen molar-refractivity contribution in [3.8, 4) is 11.5 Å². The Morgan fingerprint density at radius 3 is 2.46 bits per heavy atom. The number of carbonyl (C=O) groups excluding carboxylic acids is 2. The lowest BCUT2D eigenvalue weighted by Crippen LogP contribution is -2.12. The molecule has 0 radical (unpaired) electrons. The second kappa shape index (κ2) is 8.49. The third kappa shape index (κ3) is 4.35. The molecule has 0 spiro atoms. The molecule has 0 aliphatic carbocycles. The number of esters is 2. The van der Waals surface area contributed by atoms with E-state index in [0.717, 1.165) is 6.42 Å². The summed E-state index contributed by atoms with van der Waals surface area (Å²) in [6, 6.07) is 11.3. The van der Waals surface area contributed by atoms with Crippen molar-refractivity contribution in [3.63, 3.8) is 0 Å². The smallest absolute Gasteiger partial charge is 0.343 e. The number of para-hydroxylation sites is 1. The summed E-state index contributed by atoms with van der Waals surface area (Å²) >= 11 is 3.37. The average Bonchev–Trinajstić information content (AvgIpc) is 2.60. The minimum absolute atomic E-state index is 0.150. The number of ether oxygens (including phenoxy) is 3. The summed E-state index contributed by atoms with van der Waals surface area (Å²) in [6.07, 6.45) is 0.889. The van der Waals surface area contributed by atoms with Gasteiger partial charge in [-0.1, -0.05) is 19.1 Å². The van der Waals surface area contributed by atoms with E-state index >= 15 is 0 Å². The second-order valence-corrected chi connectivity index (χ2v) is 5.73. The van der Waals surface area contributed by atoms with Crippen molar-refractivity contribution >= 4 is 27.9 Å². The van der Waals surface area contributed by atoms with E-state index in [4.69, 9.17) is 9.47 Å². The van der Waals surface area contributed by atoms with E-state index in [-0.39, 0.29) is 11.3 Å². The van der Waals surface area contributed by atoms with E-state index < -0.39 is 11.9 Å². The molecule has 0 aromatic heterocycles. The fourth-order valence-electron chi connectivity index (χ4n) is 1.95. The molecule has 0 saturated heterocycles. The number of hydrogen-bond acceptors (Lipinski definition) is 5. The Morgan fingerprint density at radius 1 is 1.04 bits per heavy atom. The summed E-state index contributed by atoms with van der Waals surface area (Å²) < 4.78 is 16.2. The molecule has 0 amide bonds. The van der Waals surface area contributed by atoms with Gasteiger partial charge < -0.3 is 14.2 Å². The van der Waals surface area contributed by atoms with Crippen molar-refractivity contribution in [2.24, 2.45) is 0 Å². The predicted molar refractivity (Wildman–Crippen MR) is 92.7 cm³/mol. The quantitative estimate of drug-likeness (QED) is 0.543. The van der Waals surface area contributed by atoms with Crippen molar-refractivity contribution in [1.82, 2.24) is 0 Å². The van der Waals surface area contributed by atoms with Gasteiger partial charge in [-0.05, 0) is 52.7 Å². The minimum atomic E-state index is -0.575. The van der Waals surface area contributed by atoms with Gasteiger partial charge in [-0.2, -0.15) is 0 Å². The Balaban J connectivity index is 2.19. The van der Waals surface area contributed by atoms with Crippen molar-refractivity contribution in [3.05, 3.63) is 58.1 Å². The topological polar surface area (TPSA) is 61.8 Å². The van der Waals surface area contributed by atoms with Crippen LogP contribution >= 0.6 is 15.9 Å². The zero-order valence-corrected chi connectivity index (χ0v) is 15.0. The summed E-state index contributed by atoms with van der Waals surface area (Å²) in [5.41, 5.74) is 0.528. The molecule has 126 valence electrons. The lowest BCUT2D eigenvalue weighted by atomic mass is 10.2. The first-order valence-electron chi connectivity index (χ1n) is 7.38. The van der Waals surface area contributed by atoms with Gasteiger partial charge in [0.1, 0.15) is 17.1 Å². The molecule has 2 aromatic carbocycles. The molecule has 5 nitrogen and oxygen atoms in total. The maximum absolute atomic E-state index is 12.3. The zero-order chi connectivity index (χ0) is 17.5. The number of benzene rings is 2. The van der Waals surface area contributed by atoms with Crippen LogP contribution < -0.4 is 9.47 Å². The standard InChI is InChI=1S/C18H17BrO5/c1-3-10-23-16-9-8-12(11-14(16)19)17(20)24-15-7-5-4-6-13(15)18(21)22-2/h4-9,11H,3,10H2,1-2H3. The van der Waals surface area contributed by atoms with Crippen LogP contribution in [0.3, 0.4) is 0 Å². The van der Waals surface area contributed by atoms with Crippen molar-refractivity contribution in [2.75, 3.05) is 13.7 Å². The van der Waals surface area contributed by atoms with E-state index in [1.165, 1.54) is 19.2 Å². The Hall–Kier alpha value is -2.34. The molecular weight excluding hydrogens is 376 g/mol. The number of carbonyl (C=O) groups is 2. The van der Waals surface area contributed by atoms with Crippen LogP contribution in [-0.4, -0.2) is 25.7 Å². The highest BCUT2D eigenvalue weighted by Gasteiger charge is 2.17. The summed E-state index contributed by atoms with van der Waals surface area (Å²) in [7, 11) is 1.27. The molecule has 0 unspecified atom stereocenters. The van der Waals surface area contributed by atoms with Gasteiger partial charge in [0.05, 0.1) is 23.8 Å². The van der Waals surface area contributed by atoms with Gasteiger partial charge in [-0.25, -0.2) is 9.59 Å². The summed E-state index contributed by atoms with van der Waals surface area (Å²) in [4.78, 5) is 24.0. The van der Waals surface area contributed by atoms with E-state index in [1.54, 1.807) is 30.3 Å². The van der Waals surface area contributed by atoms with Crippen molar-refractivity contribution < 1.29 is 23.8 Å². The minimum Gasteiger partial charge on any atom is -0.492 e. The van der Waals surface area contributed by atoms with Crippen LogP contribution in [-0.2, 0) is 4.74 Å². The van der Waals surface area contributed by atoms with Crippen molar-refractivity contribution in [2.45, 2.75) is 13.3 Å². The number of halogens is 1. The molecule has 0 aliphatic heterocycles. The van der Waals surface area contributed by atoms with E-state index in [9.17, 15) is 9.59 Å². The lowest BCUT2D eigenvalue weighted by Gasteiger charge is -2.10. The highest BCUT2D eigenvalue weighted by molar-refractivity contribution is 9.10. The monoisotopic (exact) mass is 392 g/mol. The Bertz CT molecular complexity index is 742. The fourth-order valence-corrected chi connectivity index (χ4v) is 2.44. The van der Waals surface area contributed by atoms with Gasteiger partial charge in [-0.15, -0.1) is 0 Å². The molecule has 0 atom stereocenters. The molecule has 0 aliphatic rings. The Labute approximate surface area is 148 Å². The maximum Gasteiger partial charge on any atom is 0.343 e. The van der Waals surface area contributed by atoms with Gasteiger partial charge in [0.25, 0.3) is 0 Å². The molecular formula is C18H17BrO5. The predicted octanol–water partition coefficient (Wildman–Crippen LogP) is 4.24. The van der Waals surface area contributed by atoms with Crippen LogP contribution in [0.1, 0.15) is 34.1 Å². The number of methoxy groups -OCH3 is 1. The van der Waals surface area contributed by atoms with E-state index in [0.29, 0.717) is 22.4 Å². The van der Waals surface area contributed by atoms with Crippen LogP contribution in [0.4, 0.5) is 0 Å². The van der Waals surface area contributed by atoms with Crippen LogP contribution in [0.2, 0.25) is 0 Å². The average molecular weight is 393 g/mol. The van der Waals surface area contributed by atoms with E-state index in [2.05, 4.69) is 20.7 Å². The van der Waals surface area contributed by atoms with Crippen LogP contribution in [0.25, 0.3) is 0 Å². The van der Waals surface area contributed by atoms with Crippen LogP contribution in [0.5, 0.6) is 11.5 Å². The largest absolute Gasteiger partial charge is 0.492 e. The van der Waals surface area contributed by atoms with Gasteiger partial charge in [0.2, 0.25) is 0 Å². The zero-order valence-electron chi connectivity index (χ0n) is 13.4. The number of hydrogen-bond donors (Lipinski definition) is 0. The SMILES string of the molecule is CCCOc1ccc(C(=O)Oc2ccccc2C(=O)OC)cc1Br. The van der Waals surface area contributed by atoms with Crippen molar-refractivity contribution in [1.29, 1.82) is 0 Å². The summed E-state index contributed by atoms with van der Waals surface area (Å²) in [5.74, 6) is -0.336. The first-order valence-corrected chi connectivity index (χ1v) is 8.18. The third-order valence-corrected chi connectivity index (χ3v) is 3.74. The molecule has 2 rings (SSSR count). The first kappa shape index (κ1) is 18.0. The molecule has 2 aromatic rings. The summed E-state index contributed by atoms with van der Waals surface area (Å²) in [5, 5.41) is 0. The normalized spacial score (nSPS) is 10.1. The summed E-state index contributed by atoms with van der Waals surface area (Å²) in [6.45, 7) is 2.60. The van der Waals surface area contributed by atoms with Gasteiger partial charge in [-0.3, -0.25) is 0 Å². The first-order chi connectivity index (χ1) is 11.6. The Kier molecular flexibility index (Phi) is 6.37. The molecule has 24 heavy (non-hydrogen) atoms. The third-order valence-electron chi connectivity index (χ3n) is 3.12. The fraction of sp³-hybridized carbons (Fsp3) is 0.222. The highest BCUT2D eigenvalue weighted by atomic mass is 79.9. The van der Waals surface area contributed by atoms with Crippen LogP contribution in [0.15, 0.2) is 46.9 Å². The molecule has 6 heteroatoms. The molecule has 0 N–H and O–H groups in total. The lowest BCUT2D eigenvalue weighted by molar-refractivity contribution is 0.0593. The molecule has 0 heterocycles. The van der Waals surface area contributed by atoms with Gasteiger partial charge in [0, 0.05) is 0 Å². The Morgan fingerprint density at radius 2 is 1.79 bits per heavy atom. The number of rotatable bonds is 6. The van der Waals surface area contributed by atoms with Gasteiger partial charge >= 0.3 is 11.9 Å². The molecule has 0 bridgehead atoms. The van der Waals surface area contributed by atoms with Gasteiger partial charge in [0.15, 0.2) is 0 Å². The van der Waals surface area contributed by atoms with E-state index in [1.807, 2.05) is 6.92 Å². The maximum atomic E-state index is 12.3.